The molecule has 0 amide bonds. The zero-order chi connectivity index (χ0) is 18.1. The van der Waals surface area contributed by atoms with Crippen LogP contribution in [0.5, 0.6) is 5.88 Å². The Balaban J connectivity index is 2.04. The molecule has 1 aliphatic carbocycles. The molecule has 1 aromatic rings. The lowest BCUT2D eigenvalue weighted by atomic mass is 9.82. The average Bonchev–Trinajstić information content (AvgIpc) is 2.39. The first-order chi connectivity index (χ1) is 11.0. The van der Waals surface area contributed by atoms with Crippen molar-refractivity contribution in [3.63, 3.8) is 0 Å². The second-order valence-corrected chi connectivity index (χ2v) is 7.21. The lowest BCUT2D eigenvalue weighted by Gasteiger charge is -2.34. The number of carbonyl (C=O) groups is 1. The van der Waals surface area contributed by atoms with Crippen LogP contribution in [0.3, 0.4) is 0 Å². The number of aromatic nitrogens is 1. The fraction of sp³-hybridized carbons (Fsp3) is 0.647. The number of hydrogen-bond acceptors (Lipinski definition) is 4. The van der Waals surface area contributed by atoms with Gasteiger partial charge in [0.15, 0.2) is 6.10 Å². The first kappa shape index (κ1) is 18.6. The first-order valence-corrected chi connectivity index (χ1v) is 7.86. The van der Waals surface area contributed by atoms with E-state index in [2.05, 4.69) is 4.98 Å². The van der Waals surface area contributed by atoms with E-state index in [9.17, 15) is 18.7 Å². The summed E-state index contributed by atoms with van der Waals surface area (Å²) in [5.74, 6) is -3.54. The van der Waals surface area contributed by atoms with Gasteiger partial charge in [0.05, 0.1) is 12.2 Å². The number of halogens is 2. The third-order valence-corrected chi connectivity index (χ3v) is 3.72. The fourth-order valence-corrected chi connectivity index (χ4v) is 2.61. The summed E-state index contributed by atoms with van der Waals surface area (Å²) in [7, 11) is 0. The molecule has 0 spiro atoms. The van der Waals surface area contributed by atoms with Gasteiger partial charge in [-0.3, -0.25) is 0 Å². The molecule has 1 aliphatic rings. The highest BCUT2D eigenvalue weighted by Gasteiger charge is 2.45. The second-order valence-electron chi connectivity index (χ2n) is 7.21. The SMILES string of the molecule is Cc1nc(OCC2CC(F)(F)C2)ccc1[C@H](OC(C)(C)C)C(=O)O. The van der Waals surface area contributed by atoms with Gasteiger partial charge < -0.3 is 14.6 Å². The molecule has 134 valence electrons. The maximum atomic E-state index is 12.8. The lowest BCUT2D eigenvalue weighted by molar-refractivity contribution is -0.160. The van der Waals surface area contributed by atoms with E-state index in [1.807, 2.05) is 0 Å². The summed E-state index contributed by atoms with van der Waals surface area (Å²) in [6, 6.07) is 3.14. The van der Waals surface area contributed by atoms with Crippen LogP contribution in [0, 0.1) is 12.8 Å². The Morgan fingerprint density at radius 1 is 1.42 bits per heavy atom. The van der Waals surface area contributed by atoms with Gasteiger partial charge in [0.25, 0.3) is 0 Å². The zero-order valence-electron chi connectivity index (χ0n) is 14.3. The molecule has 0 radical (unpaired) electrons. The van der Waals surface area contributed by atoms with Gasteiger partial charge in [-0.05, 0) is 33.8 Å². The molecule has 7 heteroatoms. The predicted octanol–water partition coefficient (Wildman–Crippen LogP) is 3.75. The van der Waals surface area contributed by atoms with Crippen LogP contribution in [-0.4, -0.2) is 34.2 Å². The van der Waals surface area contributed by atoms with Crippen LogP contribution in [0.15, 0.2) is 12.1 Å². The van der Waals surface area contributed by atoms with Crippen molar-refractivity contribution in [2.24, 2.45) is 5.92 Å². The monoisotopic (exact) mass is 343 g/mol. The molecule has 5 nitrogen and oxygen atoms in total. The molecular weight excluding hydrogens is 320 g/mol. The smallest absolute Gasteiger partial charge is 0.337 e. The summed E-state index contributed by atoms with van der Waals surface area (Å²) >= 11 is 0. The second kappa shape index (κ2) is 6.63. The molecule has 1 fully saturated rings. The van der Waals surface area contributed by atoms with Crippen LogP contribution < -0.4 is 4.74 Å². The Hall–Kier alpha value is -1.76. The van der Waals surface area contributed by atoms with E-state index in [0.717, 1.165) is 0 Å². The zero-order valence-corrected chi connectivity index (χ0v) is 14.3. The molecule has 2 rings (SSSR count). The van der Waals surface area contributed by atoms with Crippen molar-refractivity contribution in [1.82, 2.24) is 4.98 Å². The van der Waals surface area contributed by atoms with E-state index in [1.54, 1.807) is 39.8 Å². The largest absolute Gasteiger partial charge is 0.479 e. The van der Waals surface area contributed by atoms with Crippen molar-refractivity contribution >= 4 is 5.97 Å². The van der Waals surface area contributed by atoms with Gasteiger partial charge in [-0.1, -0.05) is 0 Å². The van der Waals surface area contributed by atoms with E-state index in [0.29, 0.717) is 17.1 Å². The van der Waals surface area contributed by atoms with Crippen LogP contribution in [-0.2, 0) is 9.53 Å². The molecule has 1 aromatic heterocycles. The molecule has 1 heterocycles. The van der Waals surface area contributed by atoms with Crippen LogP contribution in [0.1, 0.15) is 51.0 Å². The molecule has 0 saturated heterocycles. The van der Waals surface area contributed by atoms with E-state index in [1.165, 1.54) is 0 Å². The van der Waals surface area contributed by atoms with E-state index < -0.39 is 23.6 Å². The number of rotatable bonds is 6. The lowest BCUT2D eigenvalue weighted by Crippen LogP contribution is -2.38. The molecule has 0 aliphatic heterocycles. The minimum absolute atomic E-state index is 0.162. The van der Waals surface area contributed by atoms with Crippen LogP contribution >= 0.6 is 0 Å². The number of hydrogen-bond donors (Lipinski definition) is 1. The number of carboxylic acid groups (broad SMARTS) is 1. The number of aryl methyl sites for hydroxylation is 1. The quantitative estimate of drug-likeness (QED) is 0.852. The van der Waals surface area contributed by atoms with Gasteiger partial charge in [-0.15, -0.1) is 0 Å². The minimum Gasteiger partial charge on any atom is -0.479 e. The number of pyridine rings is 1. The number of alkyl halides is 2. The Bertz CT molecular complexity index is 605. The Morgan fingerprint density at radius 3 is 2.50 bits per heavy atom. The van der Waals surface area contributed by atoms with E-state index in [4.69, 9.17) is 9.47 Å². The van der Waals surface area contributed by atoms with Gasteiger partial charge >= 0.3 is 5.97 Å². The topological polar surface area (TPSA) is 68.7 Å². The van der Waals surface area contributed by atoms with Crippen LogP contribution in [0.4, 0.5) is 8.78 Å². The summed E-state index contributed by atoms with van der Waals surface area (Å²) in [5, 5.41) is 9.39. The number of ether oxygens (including phenoxy) is 2. The normalized spacial score (nSPS) is 18.8. The average molecular weight is 343 g/mol. The highest BCUT2D eigenvalue weighted by Crippen LogP contribution is 2.42. The summed E-state index contributed by atoms with van der Waals surface area (Å²) in [5.41, 5.74) is 0.295. The van der Waals surface area contributed by atoms with Crippen molar-refractivity contribution in [2.75, 3.05) is 6.61 Å². The molecular formula is C17H23F2NO4. The van der Waals surface area contributed by atoms with Gasteiger partial charge in [0, 0.05) is 36.1 Å². The molecule has 0 unspecified atom stereocenters. The molecule has 1 saturated carbocycles. The summed E-state index contributed by atoms with van der Waals surface area (Å²) in [4.78, 5) is 15.7. The maximum absolute atomic E-state index is 12.8. The van der Waals surface area contributed by atoms with Crippen LogP contribution in [0.2, 0.25) is 0 Å². The Morgan fingerprint density at radius 2 is 2.04 bits per heavy atom. The molecule has 0 aromatic carbocycles. The third kappa shape index (κ3) is 4.87. The standard InChI is InChI=1S/C17H23F2NO4/c1-10-12(14(15(21)22)24-16(2,3)4)5-6-13(20-10)23-9-11-7-17(18,19)8-11/h5-6,11,14H,7-9H2,1-4H3,(H,21,22)/t14-/m0/s1. The van der Waals surface area contributed by atoms with Gasteiger partial charge in [-0.25, -0.2) is 18.6 Å². The number of nitrogens with zero attached hydrogens (tertiary/aromatic N) is 1. The maximum Gasteiger partial charge on any atom is 0.337 e. The minimum atomic E-state index is -2.57. The number of carboxylic acids is 1. The van der Waals surface area contributed by atoms with Gasteiger partial charge in [0.1, 0.15) is 0 Å². The van der Waals surface area contributed by atoms with Crippen molar-refractivity contribution in [3.8, 4) is 5.88 Å². The molecule has 1 N–H and O–H groups in total. The van der Waals surface area contributed by atoms with Crippen molar-refractivity contribution < 1.29 is 28.2 Å². The molecule has 0 bridgehead atoms. The van der Waals surface area contributed by atoms with Crippen molar-refractivity contribution in [2.45, 2.75) is 58.2 Å². The van der Waals surface area contributed by atoms with Crippen LogP contribution in [0.25, 0.3) is 0 Å². The van der Waals surface area contributed by atoms with Gasteiger partial charge in [-0.2, -0.15) is 0 Å². The third-order valence-electron chi connectivity index (χ3n) is 3.72. The molecule has 1 atom stereocenters. The van der Waals surface area contributed by atoms with E-state index >= 15 is 0 Å². The highest BCUT2D eigenvalue weighted by atomic mass is 19.3. The van der Waals surface area contributed by atoms with E-state index in [-0.39, 0.29) is 25.4 Å². The first-order valence-electron chi connectivity index (χ1n) is 7.86. The van der Waals surface area contributed by atoms with Crippen molar-refractivity contribution in [1.29, 1.82) is 0 Å². The fourth-order valence-electron chi connectivity index (χ4n) is 2.61. The van der Waals surface area contributed by atoms with Gasteiger partial charge in [0.2, 0.25) is 11.8 Å². The Kier molecular flexibility index (Phi) is 5.13. The number of aliphatic carboxylic acids is 1. The highest BCUT2D eigenvalue weighted by molar-refractivity contribution is 5.74. The summed E-state index contributed by atoms with van der Waals surface area (Å²) < 4.78 is 36.6. The molecule has 24 heavy (non-hydrogen) atoms. The predicted molar refractivity (Wildman–Crippen MR) is 83.4 cm³/mol. The van der Waals surface area contributed by atoms with Crippen molar-refractivity contribution in [3.05, 3.63) is 23.4 Å². The summed E-state index contributed by atoms with van der Waals surface area (Å²) in [6.45, 7) is 7.18. The Labute approximate surface area is 140 Å². The summed E-state index contributed by atoms with van der Waals surface area (Å²) in [6.07, 6.45) is -1.45.